The second-order valence-corrected chi connectivity index (χ2v) is 8.01. The minimum absolute atomic E-state index is 0.0374. The van der Waals surface area contributed by atoms with E-state index in [2.05, 4.69) is 20.4 Å². The number of halogens is 3. The number of carbonyl (C=O) groups excluding carboxylic acids is 1. The van der Waals surface area contributed by atoms with Crippen molar-refractivity contribution in [1.29, 1.82) is 0 Å². The highest BCUT2D eigenvalue weighted by atomic mass is 32.2. The number of amides is 1. The zero-order valence-corrected chi connectivity index (χ0v) is 16.5. The Morgan fingerprint density at radius 1 is 1.14 bits per heavy atom. The van der Waals surface area contributed by atoms with Crippen LogP contribution in [0.5, 0.6) is 0 Å². The maximum atomic E-state index is 12.8. The van der Waals surface area contributed by atoms with Crippen LogP contribution in [0, 0.1) is 0 Å². The van der Waals surface area contributed by atoms with Crippen LogP contribution in [-0.4, -0.2) is 39.0 Å². The van der Waals surface area contributed by atoms with E-state index in [4.69, 9.17) is 0 Å². The lowest BCUT2D eigenvalue weighted by molar-refractivity contribution is -0.147. The molecule has 0 saturated carbocycles. The molecule has 1 fully saturated rings. The second-order valence-electron chi connectivity index (χ2n) is 6.71. The lowest BCUT2D eigenvalue weighted by Gasteiger charge is -2.28. The van der Waals surface area contributed by atoms with Gasteiger partial charge in [0.25, 0.3) is 0 Å². The molecule has 0 spiro atoms. The van der Waals surface area contributed by atoms with Gasteiger partial charge in [0, 0.05) is 31.5 Å². The number of alkyl halides is 3. The summed E-state index contributed by atoms with van der Waals surface area (Å²) in [7, 11) is 1.23. The summed E-state index contributed by atoms with van der Waals surface area (Å²) >= 11 is 0.929. The van der Waals surface area contributed by atoms with E-state index < -0.39 is 17.3 Å². The van der Waals surface area contributed by atoms with Crippen molar-refractivity contribution in [3.05, 3.63) is 30.1 Å². The molecule has 1 atom stereocenters. The summed E-state index contributed by atoms with van der Waals surface area (Å²) in [4.78, 5) is 14.7. The Kier molecular flexibility index (Phi) is 6.17. The zero-order valence-electron chi connectivity index (χ0n) is 15.7. The Hall–Kier alpha value is -2.23. The molecular formula is C18H22F3N5OS. The highest BCUT2D eigenvalue weighted by molar-refractivity contribution is 8.00. The summed E-state index contributed by atoms with van der Waals surface area (Å²) < 4.78 is 39.2. The molecule has 2 aromatic rings. The highest BCUT2D eigenvalue weighted by Gasteiger charge is 2.37. The van der Waals surface area contributed by atoms with Crippen molar-refractivity contribution in [3.63, 3.8) is 0 Å². The van der Waals surface area contributed by atoms with E-state index in [1.165, 1.54) is 26.3 Å². The first-order valence-electron chi connectivity index (χ1n) is 9.05. The number of aromatic nitrogens is 3. The Bertz CT molecular complexity index is 816. The van der Waals surface area contributed by atoms with E-state index in [9.17, 15) is 18.0 Å². The molecule has 28 heavy (non-hydrogen) atoms. The smallest absolute Gasteiger partial charge is 0.372 e. The molecule has 1 aromatic carbocycles. The Morgan fingerprint density at radius 2 is 1.79 bits per heavy atom. The first-order chi connectivity index (χ1) is 13.3. The Balaban J connectivity index is 1.59. The number of piperidine rings is 1. The van der Waals surface area contributed by atoms with Crippen LogP contribution in [0.4, 0.5) is 24.5 Å². The van der Waals surface area contributed by atoms with Gasteiger partial charge in [-0.2, -0.15) is 13.2 Å². The van der Waals surface area contributed by atoms with Crippen LogP contribution in [-0.2, 0) is 18.0 Å². The molecule has 1 aliphatic rings. The number of nitrogens with one attached hydrogen (secondary N) is 1. The normalized spacial score (nSPS) is 16.1. The van der Waals surface area contributed by atoms with Crippen LogP contribution in [0.25, 0.3) is 0 Å². The van der Waals surface area contributed by atoms with Gasteiger partial charge in [-0.3, -0.25) is 4.79 Å². The molecule has 3 rings (SSSR count). The number of hydrogen-bond donors (Lipinski definition) is 1. The molecule has 2 heterocycles. The van der Waals surface area contributed by atoms with E-state index in [1.807, 2.05) is 24.3 Å². The fourth-order valence-electron chi connectivity index (χ4n) is 3.03. The van der Waals surface area contributed by atoms with E-state index >= 15 is 0 Å². The van der Waals surface area contributed by atoms with Crippen molar-refractivity contribution in [2.45, 2.75) is 42.8 Å². The monoisotopic (exact) mass is 413 g/mol. The topological polar surface area (TPSA) is 63.1 Å². The van der Waals surface area contributed by atoms with Crippen LogP contribution < -0.4 is 10.2 Å². The predicted molar refractivity (Wildman–Crippen MR) is 102 cm³/mol. The SMILES string of the molecule is CC(Sc1nnc(C(F)(F)F)n1C)C(=O)Nc1ccc(N2CCCCC2)cc1. The van der Waals surface area contributed by atoms with E-state index in [0.29, 0.717) is 5.69 Å². The van der Waals surface area contributed by atoms with Gasteiger partial charge < -0.3 is 14.8 Å². The fraction of sp³-hybridized carbons (Fsp3) is 0.500. The number of nitrogens with zero attached hydrogens (tertiary/aromatic N) is 4. The van der Waals surface area contributed by atoms with Crippen LogP contribution in [0.2, 0.25) is 0 Å². The number of thioether (sulfide) groups is 1. The number of hydrogen-bond acceptors (Lipinski definition) is 5. The first kappa shape index (κ1) is 20.5. The Morgan fingerprint density at radius 3 is 2.36 bits per heavy atom. The summed E-state index contributed by atoms with van der Waals surface area (Å²) in [6, 6.07) is 7.61. The predicted octanol–water partition coefficient (Wildman–Crippen LogP) is 3.94. The highest BCUT2D eigenvalue weighted by Crippen LogP contribution is 2.31. The third kappa shape index (κ3) is 4.78. The largest absolute Gasteiger partial charge is 0.451 e. The lowest BCUT2D eigenvalue weighted by Crippen LogP contribution is -2.29. The minimum atomic E-state index is -4.58. The molecule has 1 N–H and O–H groups in total. The maximum absolute atomic E-state index is 12.8. The quantitative estimate of drug-likeness (QED) is 0.753. The summed E-state index contributed by atoms with van der Waals surface area (Å²) in [5.74, 6) is -1.40. The van der Waals surface area contributed by atoms with Crippen molar-refractivity contribution in [1.82, 2.24) is 14.8 Å². The molecule has 0 bridgehead atoms. The van der Waals surface area contributed by atoms with Gasteiger partial charge >= 0.3 is 6.18 Å². The van der Waals surface area contributed by atoms with Crippen molar-refractivity contribution in [3.8, 4) is 0 Å². The van der Waals surface area contributed by atoms with Crippen LogP contribution in [0.15, 0.2) is 29.4 Å². The summed E-state index contributed by atoms with van der Waals surface area (Å²) in [6.07, 6.45) is -0.949. The second kappa shape index (κ2) is 8.42. The molecule has 0 aliphatic carbocycles. The molecule has 10 heteroatoms. The number of anilines is 2. The van der Waals surface area contributed by atoms with Crippen molar-refractivity contribution < 1.29 is 18.0 Å². The molecule has 6 nitrogen and oxygen atoms in total. The van der Waals surface area contributed by atoms with E-state index in [-0.39, 0.29) is 11.1 Å². The number of carbonyl (C=O) groups is 1. The van der Waals surface area contributed by atoms with Crippen LogP contribution >= 0.6 is 11.8 Å². The average Bonchev–Trinajstić information content (AvgIpc) is 3.03. The maximum Gasteiger partial charge on any atom is 0.451 e. The Labute approximate surface area is 165 Å². The molecule has 152 valence electrons. The van der Waals surface area contributed by atoms with E-state index in [0.717, 1.165) is 35.1 Å². The van der Waals surface area contributed by atoms with Crippen molar-refractivity contribution in [2.75, 3.05) is 23.3 Å². The summed E-state index contributed by atoms with van der Waals surface area (Å²) in [5, 5.41) is 8.91. The van der Waals surface area contributed by atoms with Crippen molar-refractivity contribution >= 4 is 29.0 Å². The van der Waals surface area contributed by atoms with Gasteiger partial charge in [-0.05, 0) is 50.5 Å². The van der Waals surface area contributed by atoms with Gasteiger partial charge in [0.1, 0.15) is 0 Å². The molecule has 1 aliphatic heterocycles. The van der Waals surface area contributed by atoms with Gasteiger partial charge in [-0.25, -0.2) is 0 Å². The molecule has 1 saturated heterocycles. The van der Waals surface area contributed by atoms with Crippen molar-refractivity contribution in [2.24, 2.45) is 7.05 Å². The average molecular weight is 413 g/mol. The van der Waals surface area contributed by atoms with Crippen LogP contribution in [0.1, 0.15) is 32.0 Å². The number of rotatable bonds is 5. The molecule has 1 amide bonds. The fourth-order valence-corrected chi connectivity index (χ4v) is 3.84. The summed E-state index contributed by atoms with van der Waals surface area (Å²) in [5.41, 5.74) is 1.77. The lowest BCUT2D eigenvalue weighted by atomic mass is 10.1. The van der Waals surface area contributed by atoms with E-state index in [1.54, 1.807) is 6.92 Å². The van der Waals surface area contributed by atoms with Gasteiger partial charge in [-0.1, -0.05) is 11.8 Å². The standard InChI is InChI=1S/C18H22F3N5OS/c1-12(28-17-24-23-16(25(17)2)18(19,20)21)15(27)22-13-6-8-14(9-7-13)26-10-4-3-5-11-26/h6-9,12H,3-5,10-11H2,1-2H3,(H,22,27). The van der Waals surface area contributed by atoms with Crippen LogP contribution in [0.3, 0.4) is 0 Å². The summed E-state index contributed by atoms with van der Waals surface area (Å²) in [6.45, 7) is 3.69. The minimum Gasteiger partial charge on any atom is -0.372 e. The third-order valence-electron chi connectivity index (χ3n) is 4.60. The molecular weight excluding hydrogens is 391 g/mol. The molecule has 1 aromatic heterocycles. The first-order valence-corrected chi connectivity index (χ1v) is 9.93. The van der Waals surface area contributed by atoms with Gasteiger partial charge in [0.15, 0.2) is 5.16 Å². The zero-order chi connectivity index (χ0) is 20.3. The van der Waals surface area contributed by atoms with Gasteiger partial charge in [0.05, 0.1) is 5.25 Å². The number of benzene rings is 1. The van der Waals surface area contributed by atoms with Gasteiger partial charge in [0.2, 0.25) is 11.7 Å². The molecule has 0 radical (unpaired) electrons. The third-order valence-corrected chi connectivity index (χ3v) is 5.73. The molecule has 1 unspecified atom stereocenters. The van der Waals surface area contributed by atoms with Gasteiger partial charge in [-0.15, -0.1) is 10.2 Å².